The second-order valence-corrected chi connectivity index (χ2v) is 7.86. The standard InChI is InChI=1S/C16H22N2O3S/c1-4-17(5-2)22(20,21)13-9-12-7-6-8-18-15(12)14(10-13)11(3)16(18)19/h9-11H,4-8H2,1-3H3/t11-/m0/s1. The number of hydrogen-bond donors (Lipinski definition) is 0. The smallest absolute Gasteiger partial charge is 0.243 e. The third-order valence-electron chi connectivity index (χ3n) is 4.74. The number of rotatable bonds is 4. The van der Waals surface area contributed by atoms with Gasteiger partial charge in [-0.2, -0.15) is 4.31 Å². The molecule has 0 aliphatic carbocycles. The second-order valence-electron chi connectivity index (χ2n) is 5.92. The fourth-order valence-corrected chi connectivity index (χ4v) is 5.07. The molecule has 1 aromatic rings. The Balaban J connectivity index is 2.17. The van der Waals surface area contributed by atoms with Gasteiger partial charge in [0, 0.05) is 19.6 Å². The van der Waals surface area contributed by atoms with E-state index in [0.29, 0.717) is 18.0 Å². The minimum Gasteiger partial charge on any atom is -0.311 e. The number of amides is 1. The zero-order valence-electron chi connectivity index (χ0n) is 13.3. The quantitative estimate of drug-likeness (QED) is 0.853. The maximum absolute atomic E-state index is 12.8. The number of benzene rings is 1. The van der Waals surface area contributed by atoms with E-state index in [1.807, 2.05) is 25.7 Å². The Morgan fingerprint density at radius 1 is 1.27 bits per heavy atom. The molecule has 2 aliphatic heterocycles. The van der Waals surface area contributed by atoms with Crippen molar-refractivity contribution >= 4 is 21.6 Å². The Bertz CT molecular complexity index is 723. The van der Waals surface area contributed by atoms with E-state index in [1.165, 1.54) is 4.31 Å². The van der Waals surface area contributed by atoms with Crippen molar-refractivity contribution in [1.29, 1.82) is 0 Å². The molecule has 0 N–H and O–H groups in total. The first-order chi connectivity index (χ1) is 10.4. The van der Waals surface area contributed by atoms with Crippen LogP contribution in [0, 0.1) is 0 Å². The molecule has 0 spiro atoms. The number of carbonyl (C=O) groups excluding carboxylic acids is 1. The van der Waals surface area contributed by atoms with Gasteiger partial charge in [0.25, 0.3) is 0 Å². The molecule has 2 aliphatic rings. The molecule has 0 aromatic heterocycles. The first-order valence-electron chi connectivity index (χ1n) is 7.90. The van der Waals surface area contributed by atoms with Crippen LogP contribution in [0.1, 0.15) is 44.2 Å². The van der Waals surface area contributed by atoms with E-state index in [9.17, 15) is 13.2 Å². The van der Waals surface area contributed by atoms with Crippen LogP contribution in [0.2, 0.25) is 0 Å². The molecule has 0 unspecified atom stereocenters. The van der Waals surface area contributed by atoms with Gasteiger partial charge >= 0.3 is 0 Å². The Morgan fingerprint density at radius 2 is 1.95 bits per heavy atom. The summed E-state index contributed by atoms with van der Waals surface area (Å²) in [5.74, 6) is -0.160. The highest BCUT2D eigenvalue weighted by Gasteiger charge is 2.39. The minimum atomic E-state index is -3.49. The Morgan fingerprint density at radius 3 is 2.59 bits per heavy atom. The molecule has 3 rings (SSSR count). The summed E-state index contributed by atoms with van der Waals surface area (Å²) in [5, 5.41) is 0. The fourth-order valence-electron chi connectivity index (χ4n) is 3.53. The third-order valence-corrected chi connectivity index (χ3v) is 6.76. The lowest BCUT2D eigenvalue weighted by Gasteiger charge is -2.26. The van der Waals surface area contributed by atoms with Gasteiger partial charge in [-0.05, 0) is 43.0 Å². The highest BCUT2D eigenvalue weighted by molar-refractivity contribution is 7.89. The molecule has 1 amide bonds. The molecule has 5 nitrogen and oxygen atoms in total. The van der Waals surface area contributed by atoms with Crippen molar-refractivity contribution in [2.45, 2.75) is 44.4 Å². The molecule has 0 saturated heterocycles. The van der Waals surface area contributed by atoms with Crippen LogP contribution < -0.4 is 4.90 Å². The molecule has 0 bridgehead atoms. The summed E-state index contributed by atoms with van der Waals surface area (Å²) in [6.07, 6.45) is 1.72. The molecule has 1 aromatic carbocycles. The topological polar surface area (TPSA) is 57.7 Å². The maximum atomic E-state index is 12.8. The van der Waals surface area contributed by atoms with Gasteiger partial charge < -0.3 is 4.90 Å². The Labute approximate surface area is 132 Å². The molecule has 2 heterocycles. The number of anilines is 1. The first kappa shape index (κ1) is 15.5. The summed E-state index contributed by atoms with van der Waals surface area (Å²) in [5.41, 5.74) is 2.82. The lowest BCUT2D eigenvalue weighted by atomic mass is 9.97. The van der Waals surface area contributed by atoms with Gasteiger partial charge in [-0.15, -0.1) is 0 Å². The van der Waals surface area contributed by atoms with E-state index in [4.69, 9.17) is 0 Å². The summed E-state index contributed by atoms with van der Waals surface area (Å²) in [4.78, 5) is 14.5. The molecule has 120 valence electrons. The number of nitrogens with zero attached hydrogens (tertiary/aromatic N) is 2. The molecule has 0 fully saturated rings. The monoisotopic (exact) mass is 322 g/mol. The van der Waals surface area contributed by atoms with Crippen LogP contribution in [-0.4, -0.2) is 38.3 Å². The van der Waals surface area contributed by atoms with Crippen LogP contribution in [0.15, 0.2) is 17.0 Å². The van der Waals surface area contributed by atoms with E-state index < -0.39 is 10.0 Å². The number of aryl methyl sites for hydroxylation is 1. The van der Waals surface area contributed by atoms with Gasteiger partial charge in [0.1, 0.15) is 0 Å². The normalized spacial score (nSPS) is 20.6. The van der Waals surface area contributed by atoms with Crippen molar-refractivity contribution in [3.8, 4) is 0 Å². The van der Waals surface area contributed by atoms with Crippen molar-refractivity contribution < 1.29 is 13.2 Å². The van der Waals surface area contributed by atoms with Crippen molar-refractivity contribution in [3.05, 3.63) is 23.3 Å². The highest BCUT2D eigenvalue weighted by atomic mass is 32.2. The predicted octanol–water partition coefficient (Wildman–Crippen LogP) is 2.11. The van der Waals surface area contributed by atoms with Crippen molar-refractivity contribution in [2.75, 3.05) is 24.5 Å². The molecule has 0 radical (unpaired) electrons. The van der Waals surface area contributed by atoms with Crippen molar-refractivity contribution in [3.63, 3.8) is 0 Å². The lowest BCUT2D eigenvalue weighted by molar-refractivity contribution is -0.119. The van der Waals surface area contributed by atoms with E-state index in [1.54, 1.807) is 12.1 Å². The van der Waals surface area contributed by atoms with Gasteiger partial charge in [0.2, 0.25) is 15.9 Å². The second kappa shape index (κ2) is 5.35. The zero-order valence-corrected chi connectivity index (χ0v) is 14.1. The summed E-state index contributed by atoms with van der Waals surface area (Å²) in [6.45, 7) is 7.19. The molecule has 6 heteroatoms. The van der Waals surface area contributed by atoms with Gasteiger partial charge in [-0.3, -0.25) is 4.79 Å². The summed E-state index contributed by atoms with van der Waals surface area (Å²) < 4.78 is 27.0. The Hall–Kier alpha value is -1.40. The van der Waals surface area contributed by atoms with Gasteiger partial charge in [-0.25, -0.2) is 8.42 Å². The zero-order chi connectivity index (χ0) is 16.1. The number of sulfonamides is 1. The van der Waals surface area contributed by atoms with Crippen LogP contribution in [0.4, 0.5) is 5.69 Å². The molecule has 0 saturated carbocycles. The van der Waals surface area contributed by atoms with Crippen LogP contribution in [0.5, 0.6) is 0 Å². The minimum absolute atomic E-state index is 0.0911. The highest BCUT2D eigenvalue weighted by Crippen LogP contribution is 2.44. The van der Waals surface area contributed by atoms with Gasteiger partial charge in [-0.1, -0.05) is 13.8 Å². The number of hydrogen-bond acceptors (Lipinski definition) is 3. The summed E-state index contributed by atoms with van der Waals surface area (Å²) in [7, 11) is -3.49. The summed E-state index contributed by atoms with van der Waals surface area (Å²) >= 11 is 0. The third kappa shape index (κ3) is 2.08. The SMILES string of the molecule is CCN(CC)S(=O)(=O)c1cc2c3c(c1)[C@H](C)C(=O)N3CCC2. The molecular weight excluding hydrogens is 300 g/mol. The van der Waals surface area contributed by atoms with E-state index >= 15 is 0 Å². The van der Waals surface area contributed by atoms with Crippen molar-refractivity contribution in [2.24, 2.45) is 0 Å². The first-order valence-corrected chi connectivity index (χ1v) is 9.34. The molecular formula is C16H22N2O3S. The average Bonchev–Trinajstić information content (AvgIpc) is 2.75. The predicted molar refractivity (Wildman–Crippen MR) is 85.6 cm³/mol. The van der Waals surface area contributed by atoms with Crippen LogP contribution in [0.25, 0.3) is 0 Å². The maximum Gasteiger partial charge on any atom is 0.243 e. The number of carbonyl (C=O) groups is 1. The van der Waals surface area contributed by atoms with Gasteiger partial charge in [0.15, 0.2) is 0 Å². The van der Waals surface area contributed by atoms with E-state index in [-0.39, 0.29) is 11.8 Å². The lowest BCUT2D eigenvalue weighted by Crippen LogP contribution is -2.32. The van der Waals surface area contributed by atoms with Crippen LogP contribution in [-0.2, 0) is 21.2 Å². The largest absolute Gasteiger partial charge is 0.311 e. The molecule has 1 atom stereocenters. The van der Waals surface area contributed by atoms with E-state index in [0.717, 1.165) is 36.2 Å². The van der Waals surface area contributed by atoms with E-state index in [2.05, 4.69) is 0 Å². The van der Waals surface area contributed by atoms with Crippen LogP contribution in [0.3, 0.4) is 0 Å². The van der Waals surface area contributed by atoms with Gasteiger partial charge in [0.05, 0.1) is 16.5 Å². The molecule has 22 heavy (non-hydrogen) atoms. The average molecular weight is 322 g/mol. The summed E-state index contributed by atoms with van der Waals surface area (Å²) in [6, 6.07) is 3.48. The van der Waals surface area contributed by atoms with Crippen LogP contribution >= 0.6 is 0 Å². The van der Waals surface area contributed by atoms with Crippen molar-refractivity contribution in [1.82, 2.24) is 4.31 Å². The fraction of sp³-hybridized carbons (Fsp3) is 0.562. The Kier molecular flexibility index (Phi) is 3.77.